The van der Waals surface area contributed by atoms with E-state index in [1.807, 2.05) is 36.4 Å². The number of hydrogen-bond acceptors (Lipinski definition) is 3. The Balaban J connectivity index is -0.0000000781. The molecule has 6 nitrogen and oxygen atoms in total. The van der Waals surface area contributed by atoms with Gasteiger partial charge in [0.15, 0.2) is 0 Å². The SMILES string of the molecule is C=CCn1cc[n+](C)c1.CCCCCC.CCO.CCOC(C)=O.O.[Cl-]. The van der Waals surface area contributed by atoms with E-state index in [1.54, 1.807) is 13.8 Å². The van der Waals surface area contributed by atoms with Crippen LogP contribution in [0.4, 0.5) is 0 Å². The van der Waals surface area contributed by atoms with Gasteiger partial charge >= 0.3 is 5.97 Å². The van der Waals surface area contributed by atoms with Crippen LogP contribution in [0.25, 0.3) is 0 Å². The minimum absolute atomic E-state index is 0. The highest BCUT2D eigenvalue weighted by Gasteiger charge is 1.93. The van der Waals surface area contributed by atoms with Crippen molar-refractivity contribution in [1.82, 2.24) is 4.57 Å². The van der Waals surface area contributed by atoms with Crippen LogP contribution in [0.5, 0.6) is 0 Å². The normalized spacial score (nSPS) is 7.81. The van der Waals surface area contributed by atoms with Crippen molar-refractivity contribution in [2.45, 2.75) is 66.8 Å². The number of esters is 1. The van der Waals surface area contributed by atoms with Gasteiger partial charge in [-0.3, -0.25) is 4.79 Å². The number of nitrogens with zero attached hydrogens (tertiary/aromatic N) is 2. The minimum Gasteiger partial charge on any atom is -1.00 e. The van der Waals surface area contributed by atoms with Crippen LogP contribution in [0.3, 0.4) is 0 Å². The molecule has 0 aliphatic carbocycles. The first-order valence-corrected chi connectivity index (χ1v) is 8.79. The lowest BCUT2D eigenvalue weighted by atomic mass is 10.2. The van der Waals surface area contributed by atoms with E-state index >= 15 is 0 Å². The predicted octanol–water partition coefficient (Wildman–Crippen LogP) is -0.167. The number of unbranched alkanes of at least 4 members (excludes halogenated alkanes) is 3. The van der Waals surface area contributed by atoms with Gasteiger partial charge in [-0.1, -0.05) is 52.2 Å². The number of aliphatic hydroxyl groups is 1. The van der Waals surface area contributed by atoms with Crippen LogP contribution in [0.1, 0.15) is 60.3 Å². The Hall–Kier alpha value is -1.37. The number of aromatic nitrogens is 2. The molecule has 26 heavy (non-hydrogen) atoms. The Labute approximate surface area is 166 Å². The fourth-order valence-electron chi connectivity index (χ4n) is 1.46. The fourth-order valence-corrected chi connectivity index (χ4v) is 1.46. The molecule has 0 unspecified atom stereocenters. The van der Waals surface area contributed by atoms with Crippen molar-refractivity contribution in [2.24, 2.45) is 7.05 Å². The van der Waals surface area contributed by atoms with Crippen molar-refractivity contribution in [3.63, 3.8) is 0 Å². The number of allylic oxidation sites excluding steroid dienone is 1. The molecule has 0 atom stereocenters. The summed E-state index contributed by atoms with van der Waals surface area (Å²) in [4.78, 5) is 9.82. The number of rotatable bonds is 6. The molecule has 1 aromatic rings. The maximum atomic E-state index is 9.82. The summed E-state index contributed by atoms with van der Waals surface area (Å²) in [6.07, 6.45) is 13.4. The zero-order chi connectivity index (χ0) is 19.2. The Bertz CT molecular complexity index is 381. The molecule has 0 bridgehead atoms. The van der Waals surface area contributed by atoms with E-state index in [1.165, 1.54) is 32.6 Å². The van der Waals surface area contributed by atoms with E-state index in [9.17, 15) is 4.79 Å². The van der Waals surface area contributed by atoms with Gasteiger partial charge in [0.1, 0.15) is 18.9 Å². The van der Waals surface area contributed by atoms with Crippen LogP contribution in [0.2, 0.25) is 0 Å². The maximum Gasteiger partial charge on any atom is 0.302 e. The van der Waals surface area contributed by atoms with Crippen LogP contribution in [-0.2, 0) is 23.1 Å². The summed E-state index contributed by atoms with van der Waals surface area (Å²) in [5.41, 5.74) is 0. The quantitative estimate of drug-likeness (QED) is 0.313. The summed E-state index contributed by atoms with van der Waals surface area (Å²) in [7, 11) is 2.00. The third kappa shape index (κ3) is 38.3. The van der Waals surface area contributed by atoms with Crippen LogP contribution in [0, 0.1) is 0 Å². The standard InChI is InChI=1S/C7H11N2.C6H14.C4H8O2.C2H6O.ClH.H2O/c1-3-4-9-6-5-8(2)7-9;1-3-5-6-4-2;1-3-6-4(2)5;1-2-3;;/h3,5-7H,1,4H2,2H3;3-6H2,1-2H3;3H2,1-2H3;3H,2H2,1H3;1H;1H2/q+1;;;;;/p-1. The molecule has 0 saturated carbocycles. The summed E-state index contributed by atoms with van der Waals surface area (Å²) in [5.74, 6) is -0.211. The highest BCUT2D eigenvalue weighted by atomic mass is 35.5. The molecule has 1 aromatic heterocycles. The van der Waals surface area contributed by atoms with Crippen molar-refractivity contribution in [2.75, 3.05) is 13.2 Å². The number of aryl methyl sites for hydroxylation is 1. The third-order valence-electron chi connectivity index (χ3n) is 2.47. The Morgan fingerprint density at radius 2 is 1.69 bits per heavy atom. The number of carbonyl (C=O) groups excluding carboxylic acids is 1. The largest absolute Gasteiger partial charge is 1.00 e. The molecule has 0 amide bonds. The van der Waals surface area contributed by atoms with E-state index in [2.05, 4.69) is 29.7 Å². The van der Waals surface area contributed by atoms with Crippen molar-refractivity contribution >= 4 is 5.97 Å². The number of hydrogen-bond donors (Lipinski definition) is 1. The second kappa shape index (κ2) is 31.4. The zero-order valence-corrected chi connectivity index (χ0v) is 18.3. The van der Waals surface area contributed by atoms with Gasteiger partial charge in [0.05, 0.1) is 13.7 Å². The fraction of sp³-hybridized carbons (Fsp3) is 0.684. The molecular weight excluding hydrogens is 356 g/mol. The summed E-state index contributed by atoms with van der Waals surface area (Å²) in [5, 5.41) is 7.57. The lowest BCUT2D eigenvalue weighted by Gasteiger charge is -1.89. The molecule has 1 heterocycles. The topological polar surface area (TPSA) is 86.8 Å². The van der Waals surface area contributed by atoms with Gasteiger partial charge < -0.3 is 27.7 Å². The molecule has 0 aliphatic heterocycles. The molecule has 7 heteroatoms. The Morgan fingerprint density at radius 3 is 1.88 bits per heavy atom. The molecule has 0 aromatic carbocycles. The number of carbonyl (C=O) groups is 1. The lowest BCUT2D eigenvalue weighted by Crippen LogP contribution is -3.00. The van der Waals surface area contributed by atoms with Gasteiger partial charge in [0.25, 0.3) is 0 Å². The lowest BCUT2D eigenvalue weighted by molar-refractivity contribution is -0.671. The van der Waals surface area contributed by atoms with E-state index < -0.39 is 0 Å². The minimum atomic E-state index is -0.211. The van der Waals surface area contributed by atoms with E-state index in [-0.39, 0.29) is 30.5 Å². The summed E-state index contributed by atoms with van der Waals surface area (Å²) in [6, 6.07) is 0. The molecule has 3 N–H and O–H groups in total. The first kappa shape index (κ1) is 35.7. The molecule has 0 fully saturated rings. The molecule has 0 aliphatic rings. The van der Waals surface area contributed by atoms with Crippen molar-refractivity contribution in [3.05, 3.63) is 31.4 Å². The molecule has 0 saturated heterocycles. The monoisotopic (exact) mass is 396 g/mol. The predicted molar refractivity (Wildman–Crippen MR) is 104 cm³/mol. The highest BCUT2D eigenvalue weighted by molar-refractivity contribution is 5.65. The average Bonchev–Trinajstić information content (AvgIpc) is 2.93. The zero-order valence-electron chi connectivity index (χ0n) is 17.5. The van der Waals surface area contributed by atoms with Gasteiger partial charge in [0.2, 0.25) is 6.33 Å². The van der Waals surface area contributed by atoms with Crippen molar-refractivity contribution in [3.8, 4) is 0 Å². The number of ether oxygens (including phenoxy) is 1. The van der Waals surface area contributed by atoms with E-state index in [0.717, 1.165) is 6.54 Å². The number of imidazole rings is 1. The van der Waals surface area contributed by atoms with Gasteiger partial charge in [0, 0.05) is 13.5 Å². The van der Waals surface area contributed by atoms with Gasteiger partial charge in [-0.15, -0.1) is 0 Å². The first-order valence-electron chi connectivity index (χ1n) is 8.79. The van der Waals surface area contributed by atoms with Gasteiger partial charge in [-0.25, -0.2) is 9.13 Å². The molecule has 0 radical (unpaired) electrons. The van der Waals surface area contributed by atoms with Crippen molar-refractivity contribution < 1.29 is 37.1 Å². The smallest absolute Gasteiger partial charge is 0.302 e. The molecule has 1 rings (SSSR count). The van der Waals surface area contributed by atoms with Crippen molar-refractivity contribution in [1.29, 1.82) is 0 Å². The first-order chi connectivity index (χ1) is 11.4. The van der Waals surface area contributed by atoms with Crippen LogP contribution < -0.4 is 17.0 Å². The molecule has 158 valence electrons. The van der Waals surface area contributed by atoms with Crippen LogP contribution in [0.15, 0.2) is 31.4 Å². The Morgan fingerprint density at radius 1 is 1.23 bits per heavy atom. The second-order valence-corrected chi connectivity index (χ2v) is 5.01. The summed E-state index contributed by atoms with van der Waals surface area (Å²) in [6.45, 7) is 14.6. The van der Waals surface area contributed by atoms with Gasteiger partial charge in [-0.05, 0) is 13.8 Å². The highest BCUT2D eigenvalue weighted by Crippen LogP contribution is 1.95. The summed E-state index contributed by atoms with van der Waals surface area (Å²) >= 11 is 0. The molecular formula is C19H41ClN2O4. The maximum absolute atomic E-state index is 9.82. The average molecular weight is 397 g/mol. The molecule has 0 spiro atoms. The summed E-state index contributed by atoms with van der Waals surface area (Å²) < 4.78 is 8.47. The van der Waals surface area contributed by atoms with Gasteiger partial charge in [-0.2, -0.15) is 0 Å². The van der Waals surface area contributed by atoms with Crippen LogP contribution in [-0.4, -0.2) is 34.3 Å². The van der Waals surface area contributed by atoms with E-state index in [0.29, 0.717) is 6.61 Å². The number of aliphatic hydroxyl groups excluding tert-OH is 1. The number of halogens is 1. The van der Waals surface area contributed by atoms with Crippen LogP contribution >= 0.6 is 0 Å². The third-order valence-corrected chi connectivity index (χ3v) is 2.47. The van der Waals surface area contributed by atoms with E-state index in [4.69, 9.17) is 5.11 Å². The second-order valence-electron chi connectivity index (χ2n) is 5.01. The Kier molecular flexibility index (Phi) is 43.1.